The highest BCUT2D eigenvalue weighted by atomic mass is 15.3. The zero-order valence-corrected chi connectivity index (χ0v) is 11.5. The summed E-state index contributed by atoms with van der Waals surface area (Å²) in [5.41, 5.74) is 2.87. The molecule has 0 radical (unpaired) electrons. The van der Waals surface area contributed by atoms with Crippen LogP contribution in [-0.4, -0.2) is 11.9 Å². The number of nitrogens with two attached hydrogens (primary N) is 1. The Morgan fingerprint density at radius 2 is 1.76 bits per heavy atom. The summed E-state index contributed by atoms with van der Waals surface area (Å²) in [5.74, 6) is 7.27. The van der Waals surface area contributed by atoms with E-state index in [-0.39, 0.29) is 0 Å². The smallest absolute Gasteiger partial charge is 0.114 e. The monoisotopic (exact) mass is 239 g/mol. The minimum absolute atomic E-state index is 0.519. The molecule has 0 spiro atoms. The maximum atomic E-state index is 5.67. The second-order valence-corrected chi connectivity index (χ2v) is 5.22. The van der Waals surface area contributed by atoms with Crippen LogP contribution in [0.15, 0.2) is 4.99 Å². The molecule has 17 heavy (non-hydrogen) atoms. The lowest BCUT2D eigenvalue weighted by Crippen LogP contribution is -2.37. The summed E-state index contributed by atoms with van der Waals surface area (Å²) in [6.45, 7) is 4.47. The van der Waals surface area contributed by atoms with Crippen LogP contribution in [0.2, 0.25) is 0 Å². The highest BCUT2D eigenvalue weighted by molar-refractivity contribution is 5.84. The van der Waals surface area contributed by atoms with Crippen molar-refractivity contribution in [3.8, 4) is 0 Å². The third-order valence-electron chi connectivity index (χ3n) is 3.71. The van der Waals surface area contributed by atoms with Crippen LogP contribution in [0.5, 0.6) is 0 Å². The van der Waals surface area contributed by atoms with Gasteiger partial charge in [0.2, 0.25) is 0 Å². The molecule has 1 aliphatic carbocycles. The van der Waals surface area contributed by atoms with E-state index < -0.39 is 0 Å². The molecular weight excluding hydrogens is 210 g/mol. The van der Waals surface area contributed by atoms with E-state index in [0.29, 0.717) is 12.0 Å². The third-order valence-corrected chi connectivity index (χ3v) is 3.71. The zero-order valence-electron chi connectivity index (χ0n) is 11.5. The number of hydrazine groups is 1. The number of amidine groups is 1. The molecule has 0 amide bonds. The number of nitrogens with zero attached hydrogens (tertiary/aromatic N) is 1. The minimum Gasteiger partial charge on any atom is -0.312 e. The van der Waals surface area contributed by atoms with E-state index in [4.69, 9.17) is 10.8 Å². The molecule has 0 saturated heterocycles. The second-order valence-electron chi connectivity index (χ2n) is 5.22. The first-order valence-corrected chi connectivity index (χ1v) is 7.36. The van der Waals surface area contributed by atoms with Crippen molar-refractivity contribution in [1.29, 1.82) is 0 Å². The van der Waals surface area contributed by atoms with Crippen LogP contribution in [0.4, 0.5) is 0 Å². The molecule has 3 heteroatoms. The molecule has 3 N–H and O–H groups in total. The van der Waals surface area contributed by atoms with Crippen LogP contribution < -0.4 is 11.3 Å². The van der Waals surface area contributed by atoms with Crippen molar-refractivity contribution in [1.82, 2.24) is 5.43 Å². The van der Waals surface area contributed by atoms with Crippen LogP contribution >= 0.6 is 0 Å². The number of rotatable bonds is 6. The third kappa shape index (κ3) is 5.07. The predicted molar refractivity (Wildman–Crippen MR) is 74.9 cm³/mol. The van der Waals surface area contributed by atoms with Crippen molar-refractivity contribution in [3.05, 3.63) is 0 Å². The van der Waals surface area contributed by atoms with Gasteiger partial charge >= 0.3 is 0 Å². The van der Waals surface area contributed by atoms with Crippen molar-refractivity contribution in [2.75, 3.05) is 0 Å². The predicted octanol–water partition coefficient (Wildman–Crippen LogP) is 3.40. The van der Waals surface area contributed by atoms with Gasteiger partial charge in [0, 0.05) is 5.92 Å². The van der Waals surface area contributed by atoms with Gasteiger partial charge in [-0.2, -0.15) is 0 Å². The topological polar surface area (TPSA) is 50.4 Å². The molecule has 0 aromatic heterocycles. The van der Waals surface area contributed by atoms with E-state index in [9.17, 15) is 0 Å². The lowest BCUT2D eigenvalue weighted by molar-refractivity contribution is 0.436. The Labute approximate surface area is 106 Å². The molecule has 0 aromatic rings. The van der Waals surface area contributed by atoms with Gasteiger partial charge in [0.15, 0.2) is 0 Å². The standard InChI is InChI=1S/C14H29N3/c1-3-8-12(9-4-2)14(17-15)16-13-10-6-5-7-11-13/h12-13H,3-11,15H2,1-2H3,(H,16,17). The highest BCUT2D eigenvalue weighted by Crippen LogP contribution is 2.22. The molecule has 1 rings (SSSR count). The molecule has 1 aliphatic rings. The lowest BCUT2D eigenvalue weighted by Gasteiger charge is -2.23. The Morgan fingerprint density at radius 1 is 1.18 bits per heavy atom. The van der Waals surface area contributed by atoms with Gasteiger partial charge in [0.05, 0.1) is 6.04 Å². The Hall–Kier alpha value is -0.570. The number of hydrogen-bond acceptors (Lipinski definition) is 2. The fraction of sp³-hybridized carbons (Fsp3) is 0.929. The summed E-state index contributed by atoms with van der Waals surface area (Å²) in [6, 6.07) is 0.519. The van der Waals surface area contributed by atoms with E-state index in [2.05, 4.69) is 19.3 Å². The molecule has 0 heterocycles. The molecule has 0 aliphatic heterocycles. The lowest BCUT2D eigenvalue weighted by atomic mass is 9.94. The van der Waals surface area contributed by atoms with E-state index >= 15 is 0 Å². The van der Waals surface area contributed by atoms with Gasteiger partial charge < -0.3 is 5.43 Å². The van der Waals surface area contributed by atoms with Gasteiger partial charge in [-0.1, -0.05) is 46.0 Å². The van der Waals surface area contributed by atoms with Crippen molar-refractivity contribution in [2.24, 2.45) is 16.8 Å². The largest absolute Gasteiger partial charge is 0.312 e. The van der Waals surface area contributed by atoms with Gasteiger partial charge in [0.25, 0.3) is 0 Å². The summed E-state index contributed by atoms with van der Waals surface area (Å²) >= 11 is 0. The van der Waals surface area contributed by atoms with Gasteiger partial charge in [-0.05, 0) is 25.7 Å². The fourth-order valence-electron chi connectivity index (χ4n) is 2.78. The van der Waals surface area contributed by atoms with Crippen molar-refractivity contribution in [2.45, 2.75) is 77.7 Å². The number of nitrogens with one attached hydrogen (secondary N) is 1. The first-order chi connectivity index (χ1) is 8.31. The SMILES string of the molecule is CCCC(CCC)C(=NC1CCCCC1)NN. The zero-order chi connectivity index (χ0) is 12.5. The van der Waals surface area contributed by atoms with E-state index in [1.807, 2.05) is 0 Å². The van der Waals surface area contributed by atoms with Crippen LogP contribution in [-0.2, 0) is 0 Å². The first kappa shape index (κ1) is 14.5. The molecule has 100 valence electrons. The molecule has 0 aromatic carbocycles. The average Bonchev–Trinajstić information content (AvgIpc) is 2.37. The minimum atomic E-state index is 0.519. The van der Waals surface area contributed by atoms with Crippen LogP contribution in [0.1, 0.15) is 71.6 Å². The Bertz CT molecular complexity index is 214. The van der Waals surface area contributed by atoms with Gasteiger partial charge in [0.1, 0.15) is 5.84 Å². The van der Waals surface area contributed by atoms with Crippen molar-refractivity contribution < 1.29 is 0 Å². The average molecular weight is 239 g/mol. The van der Waals surface area contributed by atoms with Crippen LogP contribution in [0, 0.1) is 5.92 Å². The maximum absolute atomic E-state index is 5.67. The van der Waals surface area contributed by atoms with E-state index in [1.165, 1.54) is 57.8 Å². The summed E-state index contributed by atoms with van der Waals surface area (Å²) < 4.78 is 0. The molecule has 0 unspecified atom stereocenters. The molecule has 1 fully saturated rings. The summed E-state index contributed by atoms with van der Waals surface area (Å²) in [6.07, 6.45) is 11.3. The summed E-state index contributed by atoms with van der Waals surface area (Å²) in [4.78, 5) is 4.87. The van der Waals surface area contributed by atoms with Crippen LogP contribution in [0.3, 0.4) is 0 Å². The van der Waals surface area contributed by atoms with Gasteiger partial charge in [-0.15, -0.1) is 0 Å². The quantitative estimate of drug-likeness (QED) is 0.323. The molecule has 3 nitrogen and oxygen atoms in total. The normalized spacial score (nSPS) is 18.7. The molecule has 1 saturated carbocycles. The highest BCUT2D eigenvalue weighted by Gasteiger charge is 2.17. The Kier molecular flexibility index (Phi) is 7.25. The van der Waals surface area contributed by atoms with Crippen LogP contribution in [0.25, 0.3) is 0 Å². The maximum Gasteiger partial charge on any atom is 0.114 e. The van der Waals surface area contributed by atoms with Crippen molar-refractivity contribution >= 4 is 5.84 Å². The molecule has 0 bridgehead atoms. The summed E-state index contributed by atoms with van der Waals surface area (Å²) in [5, 5.41) is 0. The molecular formula is C14H29N3. The first-order valence-electron chi connectivity index (χ1n) is 7.36. The van der Waals surface area contributed by atoms with Gasteiger partial charge in [-0.3, -0.25) is 4.99 Å². The Morgan fingerprint density at radius 3 is 2.24 bits per heavy atom. The number of aliphatic imine (C=N–C) groups is 1. The van der Waals surface area contributed by atoms with E-state index in [1.54, 1.807) is 0 Å². The summed E-state index contributed by atoms with van der Waals surface area (Å²) in [7, 11) is 0. The second kappa shape index (κ2) is 8.51. The number of hydrogen-bond donors (Lipinski definition) is 2. The van der Waals surface area contributed by atoms with Crippen molar-refractivity contribution in [3.63, 3.8) is 0 Å². The fourth-order valence-corrected chi connectivity index (χ4v) is 2.78. The van der Waals surface area contributed by atoms with E-state index in [0.717, 1.165) is 5.84 Å². The Balaban J connectivity index is 2.60. The van der Waals surface area contributed by atoms with Gasteiger partial charge in [-0.25, -0.2) is 5.84 Å². The molecule has 0 atom stereocenters.